The van der Waals surface area contributed by atoms with Crippen LogP contribution in [0.3, 0.4) is 0 Å². The minimum atomic E-state index is -2.46. The first-order valence-electron chi connectivity index (χ1n) is 25.5. The van der Waals surface area contributed by atoms with Crippen LogP contribution in [0.25, 0.3) is 0 Å². The van der Waals surface area contributed by atoms with Gasteiger partial charge >= 0.3 is 52.1 Å². The van der Waals surface area contributed by atoms with Crippen LogP contribution in [0, 0.1) is 0 Å². The van der Waals surface area contributed by atoms with E-state index in [-0.39, 0.29) is 0 Å². The summed E-state index contributed by atoms with van der Waals surface area (Å²) in [6, 6.07) is 0. The fraction of sp³-hybridized carbons (Fsp3) is 1.00. The van der Waals surface area contributed by atoms with E-state index in [1.54, 1.807) is 35.5 Å². The zero-order chi connectivity index (χ0) is 56.2. The van der Waals surface area contributed by atoms with Gasteiger partial charge in [-0.2, -0.15) is 0 Å². The fourth-order valence-electron chi connectivity index (χ4n) is 6.34. The summed E-state index contributed by atoms with van der Waals surface area (Å²) >= 11 is 0. The molecule has 0 saturated carbocycles. The van der Waals surface area contributed by atoms with E-state index in [0.717, 1.165) is 31.9 Å². The number of rotatable bonds is 13. The highest BCUT2D eigenvalue weighted by Crippen LogP contribution is 2.25. The predicted octanol–water partition coefficient (Wildman–Crippen LogP) is 6.31. The quantitative estimate of drug-likeness (QED) is 0.186. The van der Waals surface area contributed by atoms with E-state index in [0.29, 0.717) is 69.3 Å². The molecule has 33 heteroatoms. The molecule has 6 rings (SSSR count). The van der Waals surface area contributed by atoms with Crippen molar-refractivity contribution in [2.75, 3.05) is 137 Å². The predicted molar refractivity (Wildman–Crippen MR) is 310 cm³/mol. The zero-order valence-corrected chi connectivity index (χ0v) is 61.9. The van der Waals surface area contributed by atoms with Crippen LogP contribution in [-0.4, -0.2) is 239 Å². The molecule has 6 fully saturated rings. The van der Waals surface area contributed by atoms with Crippen LogP contribution >= 0.6 is 0 Å². The Kier molecular flexibility index (Phi) is 31.7. The molecular weight excluding hydrogens is 1150 g/mol. The first kappa shape index (κ1) is 72.8. The van der Waals surface area contributed by atoms with Gasteiger partial charge in [0.1, 0.15) is 18.7 Å². The second kappa shape index (κ2) is 31.8. The molecule has 0 bridgehead atoms. The van der Waals surface area contributed by atoms with Crippen LogP contribution in [0.2, 0.25) is 98.2 Å². The first-order valence-corrected chi connectivity index (χ1v) is 57.6. The average Bonchev–Trinajstić information content (AvgIpc) is 3.33. The second-order valence-electron chi connectivity index (χ2n) is 22.2. The van der Waals surface area contributed by atoms with E-state index >= 15 is 0 Å². The minimum Gasteiger partial charge on any atom is -0.413 e. The maximum Gasteiger partial charge on any atom is 0.526 e. The molecule has 0 N–H and O–H groups in total. The monoisotopic (exact) mass is 1260 g/mol. The summed E-state index contributed by atoms with van der Waals surface area (Å²) in [5, 5.41) is 0. The van der Waals surface area contributed by atoms with Gasteiger partial charge in [-0.05, 0) is 126 Å². The van der Waals surface area contributed by atoms with Crippen LogP contribution < -0.4 is 0 Å². The van der Waals surface area contributed by atoms with Crippen LogP contribution in [0.5, 0.6) is 0 Å². The van der Waals surface area contributed by atoms with Crippen molar-refractivity contribution in [3.05, 3.63) is 0 Å². The van der Waals surface area contributed by atoms with Gasteiger partial charge < -0.3 is 92.9 Å². The van der Waals surface area contributed by atoms with Crippen LogP contribution in [0.4, 0.5) is 0 Å². The molecule has 0 amide bonds. The number of hydrogen-bond acceptors (Lipinski definition) is 21. The molecule has 0 radical (unpaired) electrons. The summed E-state index contributed by atoms with van der Waals surface area (Å²) in [5.74, 6) is 0. The third-order valence-corrected chi connectivity index (χ3v) is 39.7. The Balaban J connectivity index is 0.000000439. The average molecular weight is 1260 g/mol. The van der Waals surface area contributed by atoms with Gasteiger partial charge in [0.25, 0.3) is 0 Å². The molecule has 73 heavy (non-hydrogen) atoms. The Bertz CT molecular complexity index is 1390. The molecule has 6 saturated heterocycles. The molecular formula is C40H104O21Si12. The fourth-order valence-corrected chi connectivity index (χ4v) is 41.0. The molecule has 3 atom stereocenters. The highest BCUT2D eigenvalue weighted by Gasteiger charge is 2.51. The van der Waals surface area contributed by atoms with Gasteiger partial charge in [0.05, 0.1) is 56.1 Å². The molecule has 0 aliphatic carbocycles. The molecule has 3 unspecified atom stereocenters. The van der Waals surface area contributed by atoms with Crippen molar-refractivity contribution in [2.45, 2.75) is 126 Å². The van der Waals surface area contributed by atoms with Crippen LogP contribution in [0.15, 0.2) is 0 Å². The van der Waals surface area contributed by atoms with Crippen LogP contribution in [-0.2, 0) is 92.9 Å². The molecule has 0 aromatic carbocycles. The van der Waals surface area contributed by atoms with Crippen LogP contribution in [0.1, 0.15) is 27.7 Å². The Morgan fingerprint density at radius 1 is 0.233 bits per heavy atom. The van der Waals surface area contributed by atoms with Crippen molar-refractivity contribution in [1.82, 2.24) is 0 Å². The highest BCUT2D eigenvalue weighted by atomic mass is 28.4. The van der Waals surface area contributed by atoms with E-state index < -0.39 is 102 Å². The van der Waals surface area contributed by atoms with E-state index in [2.05, 4.69) is 91.7 Å². The van der Waals surface area contributed by atoms with Gasteiger partial charge in [0.2, 0.25) is 49.9 Å². The van der Waals surface area contributed by atoms with Crippen molar-refractivity contribution >= 4 is 102 Å². The van der Waals surface area contributed by atoms with Crippen molar-refractivity contribution in [1.29, 1.82) is 0 Å². The lowest BCUT2D eigenvalue weighted by Crippen LogP contribution is -2.61. The Labute approximate surface area is 455 Å². The summed E-state index contributed by atoms with van der Waals surface area (Å²) in [4.78, 5) is 0. The normalized spacial score (nSPS) is 30.7. The SMILES string of the molecule is CCO[Si]1(C)CO[Si](C)(C)CO1.CCO[Si]1(C)CO[Si](C)(C)CO1.CCO[Si]1(OCC)CO[Si](C)(C)CO1.CO[Si]1(C)CO[Si](C)(C)CO1.CO[Si]1(OC)CO[Si](C)(C)CO1.CO[Si]1(OC)CO[Si](C)(C)CO1. The van der Waals surface area contributed by atoms with E-state index in [1.165, 1.54) is 0 Å². The summed E-state index contributed by atoms with van der Waals surface area (Å²) in [6.45, 7) is 42.6. The Hall–Kier alpha value is 1.76. The third kappa shape index (κ3) is 27.9. The first-order chi connectivity index (χ1) is 33.5. The Morgan fingerprint density at radius 3 is 0.630 bits per heavy atom. The third-order valence-electron chi connectivity index (χ3n) is 11.5. The molecule has 6 heterocycles. The highest BCUT2D eigenvalue weighted by molar-refractivity contribution is 6.79. The summed E-state index contributed by atoms with van der Waals surface area (Å²) in [6.07, 6.45) is 8.01. The largest absolute Gasteiger partial charge is 0.526 e. The summed E-state index contributed by atoms with van der Waals surface area (Å²) in [7, 11) is -14.0. The number of hydrogen-bond donors (Lipinski definition) is 0. The van der Waals surface area contributed by atoms with Gasteiger partial charge in [0.15, 0.2) is 0 Å². The summed E-state index contributed by atoms with van der Waals surface area (Å²) < 4.78 is 117. The molecule has 0 spiro atoms. The molecule has 0 aromatic rings. The molecule has 21 nitrogen and oxygen atoms in total. The Morgan fingerprint density at radius 2 is 0.452 bits per heavy atom. The molecule has 6 aliphatic heterocycles. The molecule has 438 valence electrons. The van der Waals surface area contributed by atoms with Crippen molar-refractivity contribution in [3.63, 3.8) is 0 Å². The van der Waals surface area contributed by atoms with Crippen molar-refractivity contribution in [2.24, 2.45) is 0 Å². The lowest BCUT2D eigenvalue weighted by atomic mass is 10.9. The second-order valence-corrected chi connectivity index (χ2v) is 64.4. The van der Waals surface area contributed by atoms with Gasteiger partial charge in [-0.15, -0.1) is 0 Å². The van der Waals surface area contributed by atoms with Gasteiger partial charge in [-0.1, -0.05) is 0 Å². The molecule has 0 aromatic heterocycles. The van der Waals surface area contributed by atoms with E-state index in [1.807, 2.05) is 34.2 Å². The topological polar surface area (TPSA) is 194 Å². The molecule has 6 aliphatic rings. The summed E-state index contributed by atoms with van der Waals surface area (Å²) in [5.41, 5.74) is 0. The maximum atomic E-state index is 5.81. The lowest BCUT2D eigenvalue weighted by Gasteiger charge is -2.38. The van der Waals surface area contributed by atoms with Gasteiger partial charge in [0, 0.05) is 62.0 Å². The van der Waals surface area contributed by atoms with Crippen molar-refractivity contribution in [3.8, 4) is 0 Å². The van der Waals surface area contributed by atoms with Gasteiger partial charge in [-0.3, -0.25) is 0 Å². The standard InChI is InChI=1S/C8H20O4Si2.2C7H18O3Si2.2C6H16O4Si2.C6H16O3Si2/c1-5-9-14(10-6-2)8-11-13(3,4)7-12-14;2*1-5-8-12(4)7-9-11(2,3)6-10-12;2*1-7-12(8-2)6-9-11(3,4)5-10-12;1-7-11(4)6-8-10(2,3)5-9-11/h5-8H2,1-4H3;2*5-7H2,1-4H3;2*5-6H2,1-4H3;5-6H2,1-4H3. The van der Waals surface area contributed by atoms with E-state index in [4.69, 9.17) is 92.9 Å². The van der Waals surface area contributed by atoms with Crippen molar-refractivity contribution < 1.29 is 92.9 Å². The van der Waals surface area contributed by atoms with E-state index in [9.17, 15) is 0 Å². The zero-order valence-electron chi connectivity index (χ0n) is 49.9. The lowest BCUT2D eigenvalue weighted by molar-refractivity contribution is 0.0402. The minimum absolute atomic E-state index is 0.499. The maximum absolute atomic E-state index is 5.81. The smallest absolute Gasteiger partial charge is 0.413 e. The van der Waals surface area contributed by atoms with Gasteiger partial charge in [-0.25, -0.2) is 0 Å².